The number of rotatable bonds is 6. The van der Waals surface area contributed by atoms with Gasteiger partial charge in [-0.2, -0.15) is 0 Å². The topological polar surface area (TPSA) is 97.8 Å². The summed E-state index contributed by atoms with van der Waals surface area (Å²) in [5, 5.41) is 11.5. The summed E-state index contributed by atoms with van der Waals surface area (Å²) in [7, 11) is 0. The minimum atomic E-state index is -4.77. The molecular formula is C20H13F3N2O5. The number of carboxylic acids is 1. The second-order valence-corrected chi connectivity index (χ2v) is 5.83. The van der Waals surface area contributed by atoms with Gasteiger partial charge in [-0.1, -0.05) is 0 Å². The zero-order valence-electron chi connectivity index (χ0n) is 15.0. The maximum absolute atomic E-state index is 12.3. The Morgan fingerprint density at radius 2 is 1.47 bits per heavy atom. The molecule has 30 heavy (non-hydrogen) atoms. The van der Waals surface area contributed by atoms with E-state index in [1.165, 1.54) is 54.7 Å². The van der Waals surface area contributed by atoms with Gasteiger partial charge in [0.05, 0.1) is 0 Å². The number of alkyl halides is 3. The fourth-order valence-corrected chi connectivity index (χ4v) is 2.35. The lowest BCUT2D eigenvalue weighted by molar-refractivity contribution is -0.274. The largest absolute Gasteiger partial charge is 0.573 e. The van der Waals surface area contributed by atoms with Crippen molar-refractivity contribution in [3.8, 4) is 17.2 Å². The molecule has 154 valence electrons. The van der Waals surface area contributed by atoms with Crippen molar-refractivity contribution >= 4 is 17.6 Å². The number of aromatic carboxylic acids is 1. The summed E-state index contributed by atoms with van der Waals surface area (Å²) in [6.45, 7) is 0. The van der Waals surface area contributed by atoms with E-state index in [2.05, 4.69) is 15.0 Å². The van der Waals surface area contributed by atoms with Crippen molar-refractivity contribution in [2.45, 2.75) is 6.36 Å². The van der Waals surface area contributed by atoms with Crippen LogP contribution in [0.25, 0.3) is 0 Å². The third-order valence-electron chi connectivity index (χ3n) is 3.65. The average molecular weight is 418 g/mol. The van der Waals surface area contributed by atoms with E-state index in [4.69, 9.17) is 9.84 Å². The molecule has 0 saturated heterocycles. The van der Waals surface area contributed by atoms with E-state index in [1.54, 1.807) is 0 Å². The molecule has 7 nitrogen and oxygen atoms in total. The van der Waals surface area contributed by atoms with Crippen LogP contribution >= 0.6 is 0 Å². The second kappa shape index (κ2) is 8.52. The van der Waals surface area contributed by atoms with Crippen LogP contribution in [0.15, 0.2) is 66.9 Å². The lowest BCUT2D eigenvalue weighted by Gasteiger charge is -2.10. The highest BCUT2D eigenvalue weighted by Gasteiger charge is 2.31. The molecular weight excluding hydrogens is 405 g/mol. The molecule has 1 amide bonds. The number of benzene rings is 2. The van der Waals surface area contributed by atoms with E-state index in [9.17, 15) is 22.8 Å². The van der Waals surface area contributed by atoms with E-state index < -0.39 is 18.2 Å². The molecule has 0 fully saturated rings. The van der Waals surface area contributed by atoms with Crippen molar-refractivity contribution in [1.29, 1.82) is 0 Å². The number of aromatic nitrogens is 1. The molecule has 10 heteroatoms. The van der Waals surface area contributed by atoms with Crippen molar-refractivity contribution < 1.29 is 37.3 Å². The lowest BCUT2D eigenvalue weighted by Crippen LogP contribution is -2.16. The van der Waals surface area contributed by atoms with Gasteiger partial charge in [0.25, 0.3) is 5.91 Å². The maximum Gasteiger partial charge on any atom is 0.573 e. The predicted molar refractivity (Wildman–Crippen MR) is 98.8 cm³/mol. The Kier molecular flexibility index (Phi) is 5.86. The van der Waals surface area contributed by atoms with Crippen LogP contribution in [0.1, 0.15) is 20.8 Å². The van der Waals surface area contributed by atoms with E-state index in [0.717, 1.165) is 12.1 Å². The Bertz CT molecular complexity index is 1050. The fourth-order valence-electron chi connectivity index (χ4n) is 2.35. The van der Waals surface area contributed by atoms with Crippen molar-refractivity contribution in [2.75, 3.05) is 5.32 Å². The first-order chi connectivity index (χ1) is 14.2. The summed E-state index contributed by atoms with van der Waals surface area (Å²) in [6.07, 6.45) is -3.51. The van der Waals surface area contributed by atoms with Gasteiger partial charge in [-0.25, -0.2) is 9.78 Å². The number of amides is 1. The Labute approximate surface area is 167 Å². The van der Waals surface area contributed by atoms with Gasteiger partial charge in [0.1, 0.15) is 22.9 Å². The second-order valence-electron chi connectivity index (χ2n) is 5.83. The zero-order chi connectivity index (χ0) is 21.7. The number of carbonyl (C=O) groups excluding carboxylic acids is 1. The standard InChI is InChI=1S/C20H13F3N2O5/c21-20(22,23)30-16-7-5-15(6-8-16)29-14-3-1-12(2-4-14)18(26)25-13-9-10-24-17(11-13)19(27)28/h1-11H,(H,27,28)(H,24,25,26). The first-order valence-electron chi connectivity index (χ1n) is 8.34. The smallest absolute Gasteiger partial charge is 0.477 e. The number of carbonyl (C=O) groups is 2. The number of nitrogens with zero attached hydrogens (tertiary/aromatic N) is 1. The summed E-state index contributed by atoms with van der Waals surface area (Å²) in [6, 6.07) is 13.5. The number of anilines is 1. The number of halogens is 3. The number of nitrogens with one attached hydrogen (secondary N) is 1. The van der Waals surface area contributed by atoms with Crippen LogP contribution in [0.5, 0.6) is 17.2 Å². The molecule has 1 heterocycles. The quantitative estimate of drug-likeness (QED) is 0.601. The van der Waals surface area contributed by atoms with Gasteiger partial charge in [-0.05, 0) is 60.7 Å². The molecule has 0 spiro atoms. The molecule has 0 bridgehead atoms. The van der Waals surface area contributed by atoms with E-state index in [0.29, 0.717) is 5.75 Å². The molecule has 2 aromatic carbocycles. The van der Waals surface area contributed by atoms with E-state index in [-0.39, 0.29) is 28.4 Å². The third kappa shape index (κ3) is 5.71. The molecule has 0 unspecified atom stereocenters. The SMILES string of the molecule is O=C(Nc1ccnc(C(=O)O)c1)c1ccc(Oc2ccc(OC(F)(F)F)cc2)cc1. The summed E-state index contributed by atoms with van der Waals surface area (Å²) < 4.78 is 45.8. The number of hydrogen-bond acceptors (Lipinski definition) is 5. The predicted octanol–water partition coefficient (Wildman–Crippen LogP) is 4.72. The molecule has 0 aliphatic heterocycles. The number of pyridine rings is 1. The first kappa shape index (κ1) is 20.6. The molecule has 0 atom stereocenters. The van der Waals surface area contributed by atoms with Gasteiger partial charge < -0.3 is 19.9 Å². The lowest BCUT2D eigenvalue weighted by atomic mass is 10.2. The molecule has 2 N–H and O–H groups in total. The first-order valence-corrected chi connectivity index (χ1v) is 8.34. The Morgan fingerprint density at radius 1 is 0.900 bits per heavy atom. The molecule has 3 aromatic rings. The summed E-state index contributed by atoms with van der Waals surface area (Å²) in [5.41, 5.74) is 0.349. The monoisotopic (exact) mass is 418 g/mol. The van der Waals surface area contributed by atoms with Crippen LogP contribution in [0.3, 0.4) is 0 Å². The van der Waals surface area contributed by atoms with E-state index >= 15 is 0 Å². The number of ether oxygens (including phenoxy) is 2. The zero-order valence-corrected chi connectivity index (χ0v) is 15.0. The van der Waals surface area contributed by atoms with E-state index in [1.807, 2.05) is 0 Å². The molecule has 0 aliphatic carbocycles. The van der Waals surface area contributed by atoms with Gasteiger partial charge in [-0.15, -0.1) is 13.2 Å². The molecule has 3 rings (SSSR count). The highest BCUT2D eigenvalue weighted by Crippen LogP contribution is 2.27. The molecule has 1 aromatic heterocycles. The number of carboxylic acid groups (broad SMARTS) is 1. The van der Waals surface area contributed by atoms with Gasteiger partial charge in [0.2, 0.25) is 0 Å². The highest BCUT2D eigenvalue weighted by atomic mass is 19.4. The summed E-state index contributed by atoms with van der Waals surface area (Å²) >= 11 is 0. The maximum atomic E-state index is 12.3. The number of hydrogen-bond donors (Lipinski definition) is 2. The van der Waals surface area contributed by atoms with Crippen molar-refractivity contribution in [1.82, 2.24) is 4.98 Å². The average Bonchev–Trinajstić information content (AvgIpc) is 2.69. The normalized spacial score (nSPS) is 10.9. The van der Waals surface area contributed by atoms with Crippen LogP contribution in [-0.2, 0) is 0 Å². The van der Waals surface area contributed by atoms with Crippen LogP contribution in [0.4, 0.5) is 18.9 Å². The van der Waals surface area contributed by atoms with Crippen LogP contribution < -0.4 is 14.8 Å². The van der Waals surface area contributed by atoms with Crippen molar-refractivity contribution in [3.05, 3.63) is 78.1 Å². The van der Waals surface area contributed by atoms with Gasteiger partial charge >= 0.3 is 12.3 Å². The molecule has 0 saturated carbocycles. The van der Waals surface area contributed by atoms with Crippen LogP contribution in [-0.4, -0.2) is 28.3 Å². The van der Waals surface area contributed by atoms with Gasteiger partial charge in [0.15, 0.2) is 0 Å². The van der Waals surface area contributed by atoms with Crippen LogP contribution in [0.2, 0.25) is 0 Å². The Balaban J connectivity index is 1.62. The molecule has 0 aliphatic rings. The molecule has 0 radical (unpaired) electrons. The van der Waals surface area contributed by atoms with Gasteiger partial charge in [-0.3, -0.25) is 4.79 Å². The third-order valence-corrected chi connectivity index (χ3v) is 3.65. The van der Waals surface area contributed by atoms with Crippen molar-refractivity contribution in [2.24, 2.45) is 0 Å². The van der Waals surface area contributed by atoms with Crippen LogP contribution in [0, 0.1) is 0 Å². The Hall–Kier alpha value is -4.08. The van der Waals surface area contributed by atoms with Gasteiger partial charge in [0, 0.05) is 17.4 Å². The summed E-state index contributed by atoms with van der Waals surface area (Å²) in [5.74, 6) is -1.43. The fraction of sp³-hybridized carbons (Fsp3) is 0.0500. The summed E-state index contributed by atoms with van der Waals surface area (Å²) in [4.78, 5) is 26.9. The van der Waals surface area contributed by atoms with Crippen molar-refractivity contribution in [3.63, 3.8) is 0 Å². The Morgan fingerprint density at radius 3 is 2.03 bits per heavy atom. The highest BCUT2D eigenvalue weighted by molar-refractivity contribution is 6.04. The minimum absolute atomic E-state index is 0.205. The minimum Gasteiger partial charge on any atom is -0.477 e.